The highest BCUT2D eigenvalue weighted by molar-refractivity contribution is 7.99. The zero-order valence-electron chi connectivity index (χ0n) is 11.0. The lowest BCUT2D eigenvalue weighted by atomic mass is 10.1. The van der Waals surface area contributed by atoms with Crippen LogP contribution in [-0.2, 0) is 0 Å². The first-order valence-corrected chi connectivity index (χ1v) is 7.17. The first-order chi connectivity index (χ1) is 9.44. The van der Waals surface area contributed by atoms with E-state index in [-0.39, 0.29) is 0 Å². The molecule has 4 heteroatoms. The largest absolute Gasteiger partial charge is 0.390 e. The summed E-state index contributed by atoms with van der Waals surface area (Å²) in [7, 11) is 0. The molecule has 106 valence electrons. The number of aryl methyl sites for hydroxylation is 1. The highest BCUT2D eigenvalue weighted by atomic mass is 32.2. The number of benzene rings is 2. The summed E-state index contributed by atoms with van der Waals surface area (Å²) >= 11 is 1.26. The van der Waals surface area contributed by atoms with Crippen LogP contribution in [0.2, 0.25) is 0 Å². The van der Waals surface area contributed by atoms with Gasteiger partial charge < -0.3 is 0 Å². The normalized spacial score (nSPS) is 13.2. The van der Waals surface area contributed by atoms with Gasteiger partial charge in [0.25, 0.3) is 0 Å². The Morgan fingerprint density at radius 1 is 0.950 bits per heavy atom. The van der Waals surface area contributed by atoms with Crippen molar-refractivity contribution in [3.05, 3.63) is 65.7 Å². The predicted octanol–water partition coefficient (Wildman–Crippen LogP) is 5.78. The van der Waals surface area contributed by atoms with Gasteiger partial charge in [-0.3, -0.25) is 0 Å². The Morgan fingerprint density at radius 2 is 1.55 bits per heavy atom. The quantitative estimate of drug-likeness (QED) is 0.644. The predicted molar refractivity (Wildman–Crippen MR) is 76.9 cm³/mol. The van der Waals surface area contributed by atoms with E-state index in [9.17, 15) is 13.2 Å². The highest BCUT2D eigenvalue weighted by Gasteiger charge is 2.33. The van der Waals surface area contributed by atoms with E-state index >= 15 is 0 Å². The van der Waals surface area contributed by atoms with E-state index in [1.54, 1.807) is 24.3 Å². The number of hydrogen-bond acceptors (Lipinski definition) is 1. The van der Waals surface area contributed by atoms with Gasteiger partial charge in [0, 0.05) is 10.1 Å². The molecule has 0 aliphatic heterocycles. The topological polar surface area (TPSA) is 0 Å². The van der Waals surface area contributed by atoms with Gasteiger partial charge in [0.05, 0.1) is 6.42 Å². The van der Waals surface area contributed by atoms with E-state index in [0.29, 0.717) is 5.56 Å². The van der Waals surface area contributed by atoms with Crippen LogP contribution in [0.1, 0.15) is 22.8 Å². The van der Waals surface area contributed by atoms with Gasteiger partial charge in [0.2, 0.25) is 0 Å². The fourth-order valence-electron chi connectivity index (χ4n) is 1.89. The molecule has 0 fully saturated rings. The Bertz CT molecular complexity index is 532. The van der Waals surface area contributed by atoms with Crippen LogP contribution in [0, 0.1) is 6.92 Å². The van der Waals surface area contributed by atoms with Gasteiger partial charge in [0.1, 0.15) is 0 Å². The first kappa shape index (κ1) is 15.0. The van der Waals surface area contributed by atoms with E-state index in [1.165, 1.54) is 11.8 Å². The minimum atomic E-state index is -4.17. The summed E-state index contributed by atoms with van der Waals surface area (Å²) in [6.07, 6.45) is -4.99. The van der Waals surface area contributed by atoms with Gasteiger partial charge in [-0.05, 0) is 24.6 Å². The molecule has 2 aromatic carbocycles. The lowest BCUT2D eigenvalue weighted by Gasteiger charge is -2.19. The summed E-state index contributed by atoms with van der Waals surface area (Å²) in [4.78, 5) is 0.855. The van der Waals surface area contributed by atoms with Crippen LogP contribution >= 0.6 is 11.8 Å². The third-order valence-corrected chi connectivity index (χ3v) is 4.16. The lowest BCUT2D eigenvalue weighted by molar-refractivity contribution is -0.134. The summed E-state index contributed by atoms with van der Waals surface area (Å²) in [5.74, 6) is 0. The molecule has 0 amide bonds. The smallest absolute Gasteiger partial charge is 0.171 e. The standard InChI is InChI=1S/C16H15F3S/c1-12-7-9-14(10-8-12)20-15(11-16(17,18)19)13-5-3-2-4-6-13/h2-10,15H,11H2,1H3. The molecule has 0 saturated carbocycles. The zero-order chi connectivity index (χ0) is 14.6. The van der Waals surface area contributed by atoms with E-state index in [0.717, 1.165) is 10.5 Å². The van der Waals surface area contributed by atoms with Crippen molar-refractivity contribution in [1.29, 1.82) is 0 Å². The molecule has 0 bridgehead atoms. The summed E-state index contributed by atoms with van der Waals surface area (Å²) in [6.45, 7) is 1.96. The lowest BCUT2D eigenvalue weighted by Crippen LogP contribution is -2.12. The molecule has 0 nitrogen and oxygen atoms in total. The minimum absolute atomic E-state index is 0.612. The zero-order valence-corrected chi connectivity index (χ0v) is 11.8. The molecule has 1 atom stereocenters. The number of hydrogen-bond donors (Lipinski definition) is 0. The average molecular weight is 296 g/mol. The van der Waals surface area contributed by atoms with E-state index in [1.807, 2.05) is 37.3 Å². The van der Waals surface area contributed by atoms with Gasteiger partial charge >= 0.3 is 6.18 Å². The molecule has 0 aliphatic carbocycles. The van der Waals surface area contributed by atoms with Crippen molar-refractivity contribution in [3.8, 4) is 0 Å². The van der Waals surface area contributed by atoms with Crippen LogP contribution in [0.25, 0.3) is 0 Å². The number of alkyl halides is 3. The monoisotopic (exact) mass is 296 g/mol. The Morgan fingerprint density at radius 3 is 2.10 bits per heavy atom. The second kappa shape index (κ2) is 6.35. The molecule has 0 radical (unpaired) electrons. The molecule has 0 N–H and O–H groups in total. The van der Waals surface area contributed by atoms with Crippen LogP contribution in [-0.4, -0.2) is 6.18 Å². The molecule has 0 spiro atoms. The van der Waals surface area contributed by atoms with Crippen molar-refractivity contribution in [2.45, 2.75) is 29.7 Å². The molecule has 0 saturated heterocycles. The second-order valence-electron chi connectivity index (χ2n) is 4.65. The van der Waals surface area contributed by atoms with Gasteiger partial charge in [-0.1, -0.05) is 48.0 Å². The second-order valence-corrected chi connectivity index (χ2v) is 5.93. The Balaban J connectivity index is 2.20. The van der Waals surface area contributed by atoms with Gasteiger partial charge in [-0.2, -0.15) is 13.2 Å². The summed E-state index contributed by atoms with van der Waals surface area (Å²) in [6, 6.07) is 16.4. The maximum Gasteiger partial charge on any atom is 0.390 e. The maximum absolute atomic E-state index is 12.7. The third-order valence-electron chi connectivity index (χ3n) is 2.89. The molecule has 0 aliphatic rings. The molecule has 0 heterocycles. The van der Waals surface area contributed by atoms with Crippen molar-refractivity contribution in [3.63, 3.8) is 0 Å². The minimum Gasteiger partial charge on any atom is -0.171 e. The van der Waals surface area contributed by atoms with Crippen molar-refractivity contribution < 1.29 is 13.2 Å². The van der Waals surface area contributed by atoms with Crippen LogP contribution in [0.15, 0.2) is 59.5 Å². The Hall–Kier alpha value is -1.42. The molecular formula is C16H15F3S. The Labute approximate surface area is 121 Å². The first-order valence-electron chi connectivity index (χ1n) is 6.29. The van der Waals surface area contributed by atoms with Gasteiger partial charge in [0.15, 0.2) is 0 Å². The van der Waals surface area contributed by atoms with Crippen LogP contribution in [0.4, 0.5) is 13.2 Å². The van der Waals surface area contributed by atoms with E-state index in [2.05, 4.69) is 0 Å². The van der Waals surface area contributed by atoms with Crippen LogP contribution in [0.5, 0.6) is 0 Å². The number of rotatable bonds is 4. The molecule has 2 rings (SSSR count). The number of halogens is 3. The summed E-state index contributed by atoms with van der Waals surface area (Å²) in [5.41, 5.74) is 1.80. The van der Waals surface area contributed by atoms with Crippen molar-refractivity contribution >= 4 is 11.8 Å². The molecule has 1 unspecified atom stereocenters. The summed E-state index contributed by atoms with van der Waals surface area (Å²) in [5, 5.41) is -0.612. The van der Waals surface area contributed by atoms with Gasteiger partial charge in [-0.15, -0.1) is 11.8 Å². The fourth-order valence-corrected chi connectivity index (χ4v) is 3.07. The van der Waals surface area contributed by atoms with E-state index < -0.39 is 17.8 Å². The highest BCUT2D eigenvalue weighted by Crippen LogP contribution is 2.42. The van der Waals surface area contributed by atoms with Crippen molar-refractivity contribution in [2.24, 2.45) is 0 Å². The van der Waals surface area contributed by atoms with Crippen LogP contribution < -0.4 is 0 Å². The summed E-state index contributed by atoms with van der Waals surface area (Å²) < 4.78 is 38.2. The molecule has 0 aromatic heterocycles. The average Bonchev–Trinajstić information content (AvgIpc) is 2.40. The fraction of sp³-hybridized carbons (Fsp3) is 0.250. The molecular weight excluding hydrogens is 281 g/mol. The van der Waals surface area contributed by atoms with Gasteiger partial charge in [-0.25, -0.2) is 0 Å². The van der Waals surface area contributed by atoms with E-state index in [4.69, 9.17) is 0 Å². The third kappa shape index (κ3) is 4.60. The molecule has 2 aromatic rings. The maximum atomic E-state index is 12.7. The number of thioether (sulfide) groups is 1. The SMILES string of the molecule is Cc1ccc(SC(CC(F)(F)F)c2ccccc2)cc1. The van der Waals surface area contributed by atoms with Crippen molar-refractivity contribution in [2.75, 3.05) is 0 Å². The van der Waals surface area contributed by atoms with Crippen LogP contribution in [0.3, 0.4) is 0 Å². The van der Waals surface area contributed by atoms with Crippen molar-refractivity contribution in [1.82, 2.24) is 0 Å². The Kier molecular flexibility index (Phi) is 4.76. The molecule has 20 heavy (non-hydrogen) atoms.